The lowest BCUT2D eigenvalue weighted by Crippen LogP contribution is -2.51. The standard InChI is InChI=1S/C20H23F4N3O3S2/c1-13-9-18(14(2)31-13)32(29,30)27-7-5-26(6-8-27)12-19(28)25-11-15-3-4-16(21)10-17(15)20(22,23)24/h3-4,9-10H,5-8,11-12H2,1-2H3,(H,25,28). The zero-order valence-corrected chi connectivity index (χ0v) is 19.1. The number of alkyl halides is 3. The summed E-state index contributed by atoms with van der Waals surface area (Å²) in [7, 11) is -3.61. The molecule has 1 aliphatic rings. The molecule has 0 unspecified atom stereocenters. The zero-order chi connectivity index (χ0) is 23.7. The van der Waals surface area contributed by atoms with E-state index in [9.17, 15) is 30.8 Å². The van der Waals surface area contributed by atoms with Gasteiger partial charge in [0, 0.05) is 42.5 Å². The average molecular weight is 494 g/mol. The normalized spacial score (nSPS) is 16.3. The Kier molecular flexibility index (Phi) is 7.28. The summed E-state index contributed by atoms with van der Waals surface area (Å²) in [5, 5.41) is 2.42. The van der Waals surface area contributed by atoms with Crippen LogP contribution >= 0.6 is 11.3 Å². The molecule has 1 fully saturated rings. The van der Waals surface area contributed by atoms with Crippen LogP contribution in [0.15, 0.2) is 29.2 Å². The number of piperazine rings is 1. The molecule has 6 nitrogen and oxygen atoms in total. The van der Waals surface area contributed by atoms with E-state index < -0.39 is 33.5 Å². The second-order valence-electron chi connectivity index (χ2n) is 7.53. The molecule has 1 N–H and O–H groups in total. The molecule has 3 rings (SSSR count). The van der Waals surface area contributed by atoms with E-state index in [1.807, 2.05) is 6.92 Å². The highest BCUT2D eigenvalue weighted by Crippen LogP contribution is 2.32. The molecule has 0 aliphatic carbocycles. The number of hydrogen-bond donors (Lipinski definition) is 1. The third-order valence-electron chi connectivity index (χ3n) is 5.17. The van der Waals surface area contributed by atoms with Crippen molar-refractivity contribution in [3.8, 4) is 0 Å². The van der Waals surface area contributed by atoms with Crippen LogP contribution in [0.1, 0.15) is 20.9 Å². The summed E-state index contributed by atoms with van der Waals surface area (Å²) in [4.78, 5) is 15.9. The average Bonchev–Trinajstić information content (AvgIpc) is 3.05. The monoisotopic (exact) mass is 493 g/mol. The molecule has 1 aromatic carbocycles. The fraction of sp³-hybridized carbons (Fsp3) is 0.450. The Labute approximate surface area is 187 Å². The van der Waals surface area contributed by atoms with Gasteiger partial charge < -0.3 is 5.32 Å². The van der Waals surface area contributed by atoms with Crippen molar-refractivity contribution in [2.45, 2.75) is 31.5 Å². The predicted molar refractivity (Wildman–Crippen MR) is 112 cm³/mol. The first-order valence-corrected chi connectivity index (χ1v) is 12.1. The van der Waals surface area contributed by atoms with Crippen molar-refractivity contribution in [3.05, 3.63) is 51.0 Å². The molecule has 1 saturated heterocycles. The van der Waals surface area contributed by atoms with Crippen LogP contribution in [-0.4, -0.2) is 56.3 Å². The maximum Gasteiger partial charge on any atom is 0.416 e. The Balaban J connectivity index is 1.54. The molecular weight excluding hydrogens is 470 g/mol. The fourth-order valence-electron chi connectivity index (χ4n) is 3.55. The first kappa shape index (κ1) is 24.6. The molecule has 0 saturated carbocycles. The van der Waals surface area contributed by atoms with E-state index in [4.69, 9.17) is 0 Å². The van der Waals surface area contributed by atoms with Crippen molar-refractivity contribution < 1.29 is 30.8 Å². The first-order chi connectivity index (χ1) is 14.9. The number of halogens is 4. The van der Waals surface area contributed by atoms with Crippen molar-refractivity contribution in [2.24, 2.45) is 0 Å². The van der Waals surface area contributed by atoms with Crippen LogP contribution in [0.5, 0.6) is 0 Å². The summed E-state index contributed by atoms with van der Waals surface area (Å²) in [5.41, 5.74) is -1.36. The van der Waals surface area contributed by atoms with Crippen LogP contribution in [0.4, 0.5) is 17.6 Å². The summed E-state index contributed by atoms with van der Waals surface area (Å²) < 4.78 is 79.5. The van der Waals surface area contributed by atoms with Gasteiger partial charge in [-0.05, 0) is 37.6 Å². The highest BCUT2D eigenvalue weighted by Gasteiger charge is 2.34. The molecule has 1 aromatic heterocycles. The van der Waals surface area contributed by atoms with Gasteiger partial charge in [-0.15, -0.1) is 11.3 Å². The van der Waals surface area contributed by atoms with Crippen LogP contribution in [0.3, 0.4) is 0 Å². The van der Waals surface area contributed by atoms with Gasteiger partial charge >= 0.3 is 6.18 Å². The summed E-state index contributed by atoms with van der Waals surface area (Å²) in [6.07, 6.45) is -4.73. The topological polar surface area (TPSA) is 69.7 Å². The van der Waals surface area contributed by atoms with Crippen LogP contribution in [0.25, 0.3) is 0 Å². The Morgan fingerprint density at radius 2 is 1.78 bits per heavy atom. The van der Waals surface area contributed by atoms with Gasteiger partial charge in [0.1, 0.15) is 5.82 Å². The number of benzene rings is 1. The number of nitrogens with one attached hydrogen (secondary N) is 1. The van der Waals surface area contributed by atoms with Gasteiger partial charge in [-0.25, -0.2) is 12.8 Å². The molecule has 0 radical (unpaired) electrons. The van der Waals surface area contributed by atoms with Crippen molar-refractivity contribution in [2.75, 3.05) is 32.7 Å². The lowest BCUT2D eigenvalue weighted by atomic mass is 10.1. The van der Waals surface area contributed by atoms with E-state index in [-0.39, 0.29) is 31.7 Å². The van der Waals surface area contributed by atoms with Crippen LogP contribution in [-0.2, 0) is 27.5 Å². The molecule has 1 amide bonds. The second kappa shape index (κ2) is 9.46. The Hall–Kier alpha value is -2.02. The lowest BCUT2D eigenvalue weighted by molar-refractivity contribution is -0.138. The number of amides is 1. The molecule has 2 aromatic rings. The SMILES string of the molecule is Cc1cc(S(=O)(=O)N2CCN(CC(=O)NCc3ccc(F)cc3C(F)(F)F)CC2)c(C)s1. The smallest absolute Gasteiger partial charge is 0.351 e. The lowest BCUT2D eigenvalue weighted by Gasteiger charge is -2.33. The fourth-order valence-corrected chi connectivity index (χ4v) is 6.50. The van der Waals surface area contributed by atoms with Crippen molar-refractivity contribution >= 4 is 27.3 Å². The number of aryl methyl sites for hydroxylation is 2. The molecule has 0 bridgehead atoms. The summed E-state index contributed by atoms with van der Waals surface area (Å²) >= 11 is 1.42. The van der Waals surface area contributed by atoms with Gasteiger partial charge in [0.2, 0.25) is 15.9 Å². The largest absolute Gasteiger partial charge is 0.416 e. The van der Waals surface area contributed by atoms with E-state index >= 15 is 0 Å². The van der Waals surface area contributed by atoms with Gasteiger partial charge in [0.05, 0.1) is 17.0 Å². The van der Waals surface area contributed by atoms with E-state index in [2.05, 4.69) is 5.32 Å². The van der Waals surface area contributed by atoms with Crippen LogP contribution in [0.2, 0.25) is 0 Å². The Morgan fingerprint density at radius 1 is 1.12 bits per heavy atom. The quantitative estimate of drug-likeness (QED) is 0.628. The third kappa shape index (κ3) is 5.66. The summed E-state index contributed by atoms with van der Waals surface area (Å²) in [6, 6.07) is 3.96. The molecule has 12 heteroatoms. The number of carbonyl (C=O) groups is 1. The number of thiophene rings is 1. The molecule has 0 atom stereocenters. The Bertz CT molecular complexity index is 1090. The number of sulfonamides is 1. The van der Waals surface area contributed by atoms with Gasteiger partial charge in [0.15, 0.2) is 0 Å². The minimum absolute atomic E-state index is 0.0764. The van der Waals surface area contributed by atoms with E-state index in [0.29, 0.717) is 24.1 Å². The van der Waals surface area contributed by atoms with Gasteiger partial charge in [-0.3, -0.25) is 9.69 Å². The van der Waals surface area contributed by atoms with Crippen molar-refractivity contribution in [1.82, 2.24) is 14.5 Å². The number of hydrogen-bond acceptors (Lipinski definition) is 5. The van der Waals surface area contributed by atoms with Gasteiger partial charge in [-0.2, -0.15) is 17.5 Å². The van der Waals surface area contributed by atoms with Crippen molar-refractivity contribution in [3.63, 3.8) is 0 Å². The van der Waals surface area contributed by atoms with Gasteiger partial charge in [-0.1, -0.05) is 6.07 Å². The first-order valence-electron chi connectivity index (χ1n) is 9.80. The molecule has 1 aliphatic heterocycles. The number of nitrogens with zero attached hydrogens (tertiary/aromatic N) is 2. The molecular formula is C20H23F4N3O3S2. The zero-order valence-electron chi connectivity index (χ0n) is 17.5. The number of rotatable bonds is 6. The molecule has 176 valence electrons. The summed E-state index contributed by atoms with van der Waals surface area (Å²) in [5.74, 6) is -1.50. The minimum Gasteiger partial charge on any atom is -0.351 e. The Morgan fingerprint density at radius 3 is 2.34 bits per heavy atom. The highest BCUT2D eigenvalue weighted by molar-refractivity contribution is 7.89. The second-order valence-corrected chi connectivity index (χ2v) is 10.9. The predicted octanol–water partition coefficient (Wildman–Crippen LogP) is 3.15. The van der Waals surface area contributed by atoms with E-state index in [1.54, 1.807) is 17.9 Å². The van der Waals surface area contributed by atoms with E-state index in [0.717, 1.165) is 21.9 Å². The molecule has 0 spiro atoms. The van der Waals surface area contributed by atoms with Crippen molar-refractivity contribution in [1.29, 1.82) is 0 Å². The maximum atomic E-state index is 13.2. The third-order valence-corrected chi connectivity index (χ3v) is 8.29. The minimum atomic E-state index is -4.73. The highest BCUT2D eigenvalue weighted by atomic mass is 32.2. The van der Waals surface area contributed by atoms with Crippen LogP contribution in [0, 0.1) is 19.7 Å². The number of carbonyl (C=O) groups excluding carboxylic acids is 1. The van der Waals surface area contributed by atoms with Gasteiger partial charge in [0.25, 0.3) is 0 Å². The molecule has 32 heavy (non-hydrogen) atoms. The maximum absolute atomic E-state index is 13.2. The van der Waals surface area contributed by atoms with E-state index in [1.165, 1.54) is 15.6 Å². The van der Waals surface area contributed by atoms with Crippen LogP contribution < -0.4 is 5.32 Å². The molecule has 2 heterocycles. The summed E-state index contributed by atoms with van der Waals surface area (Å²) in [6.45, 7) is 4.19.